The van der Waals surface area contributed by atoms with Crippen molar-refractivity contribution in [3.05, 3.63) is 31.3 Å². The fourth-order valence-corrected chi connectivity index (χ4v) is 6.84. The number of rotatable bonds is 13. The number of carbonyl (C=O) groups is 1. The zero-order valence-electron chi connectivity index (χ0n) is 17.6. The molecule has 0 amide bonds. The molecule has 30 heavy (non-hydrogen) atoms. The Morgan fingerprint density at radius 1 is 0.767 bits per heavy atom. The van der Waals surface area contributed by atoms with Crippen LogP contribution in [0.5, 0.6) is 0 Å². The normalized spacial score (nSPS) is 30.5. The lowest BCUT2D eigenvalue weighted by atomic mass is 9.48. The summed E-state index contributed by atoms with van der Waals surface area (Å²) in [6.45, 7) is 0.942. The van der Waals surface area contributed by atoms with Crippen LogP contribution in [0.1, 0.15) is 70.6 Å². The molecular formula is C20H31N9O. The molecule has 0 aromatic rings. The maximum atomic E-state index is 13.5. The van der Waals surface area contributed by atoms with E-state index in [0.717, 1.165) is 37.0 Å². The molecule has 0 radical (unpaired) electrons. The molecule has 0 aliphatic heterocycles. The first-order chi connectivity index (χ1) is 14.5. The second-order valence-electron chi connectivity index (χ2n) is 9.73. The van der Waals surface area contributed by atoms with Crippen molar-refractivity contribution in [3.8, 4) is 0 Å². The van der Waals surface area contributed by atoms with Gasteiger partial charge >= 0.3 is 0 Å². The van der Waals surface area contributed by atoms with Gasteiger partial charge < -0.3 is 0 Å². The molecule has 10 nitrogen and oxygen atoms in total. The Hall–Kier alpha value is -2.40. The van der Waals surface area contributed by atoms with Gasteiger partial charge in [-0.25, -0.2) is 0 Å². The summed E-state index contributed by atoms with van der Waals surface area (Å²) in [6, 6.07) is 0. The molecule has 4 bridgehead atoms. The molecule has 0 atom stereocenters. The van der Waals surface area contributed by atoms with Crippen molar-refractivity contribution in [3.63, 3.8) is 0 Å². The summed E-state index contributed by atoms with van der Waals surface area (Å²) in [7, 11) is 0. The molecule has 4 rings (SSSR count). The molecule has 0 spiro atoms. The Labute approximate surface area is 176 Å². The number of carbonyl (C=O) groups excluding carboxylic acids is 1. The van der Waals surface area contributed by atoms with Gasteiger partial charge in [0.25, 0.3) is 0 Å². The highest BCUT2D eigenvalue weighted by molar-refractivity contribution is 5.85. The number of ketones is 1. The maximum Gasteiger partial charge on any atom is 0.139 e. The van der Waals surface area contributed by atoms with Gasteiger partial charge in [-0.15, -0.1) is 0 Å². The minimum absolute atomic E-state index is 0.124. The van der Waals surface area contributed by atoms with Crippen molar-refractivity contribution in [2.45, 2.75) is 70.6 Å². The minimum Gasteiger partial charge on any atom is -0.299 e. The SMILES string of the molecule is [N-]=[N+]=NCCC(CCN=[N+]=[N-])(CCN=[N+]=[N-])CCC(=O)C12CC3CC(CC(C3)C1)C2. The van der Waals surface area contributed by atoms with Crippen molar-refractivity contribution in [1.82, 2.24) is 0 Å². The smallest absolute Gasteiger partial charge is 0.139 e. The first kappa shape index (κ1) is 22.3. The van der Waals surface area contributed by atoms with E-state index in [-0.39, 0.29) is 10.8 Å². The lowest BCUT2D eigenvalue weighted by molar-refractivity contribution is -0.144. The molecule has 0 aromatic carbocycles. The average Bonchev–Trinajstić information content (AvgIpc) is 2.71. The standard InChI is InChI=1S/C20H31N9O/c21-27-24-6-3-19(4-7-25-28-22,5-8-26-29-23)2-1-18(30)20-12-15-9-16(13-20)11-17(10-15)14-20/h15-17H,1-14H2. The Balaban J connectivity index is 1.71. The van der Waals surface area contributed by atoms with Gasteiger partial charge in [-0.1, -0.05) is 15.3 Å². The van der Waals surface area contributed by atoms with Crippen LogP contribution in [0.4, 0.5) is 0 Å². The van der Waals surface area contributed by atoms with Gasteiger partial charge in [0.15, 0.2) is 0 Å². The molecule has 10 heteroatoms. The van der Waals surface area contributed by atoms with Crippen molar-refractivity contribution in [2.75, 3.05) is 19.6 Å². The van der Waals surface area contributed by atoms with E-state index in [2.05, 4.69) is 30.1 Å². The van der Waals surface area contributed by atoms with Crippen LogP contribution in [0.2, 0.25) is 0 Å². The quantitative estimate of drug-likeness (QED) is 0.184. The molecule has 0 heterocycles. The summed E-state index contributed by atoms with van der Waals surface area (Å²) in [5.74, 6) is 2.57. The molecule has 0 N–H and O–H groups in total. The minimum atomic E-state index is -0.339. The molecule has 4 saturated carbocycles. The third kappa shape index (κ3) is 5.20. The second-order valence-corrected chi connectivity index (χ2v) is 9.73. The van der Waals surface area contributed by atoms with E-state index in [4.69, 9.17) is 16.6 Å². The summed E-state index contributed by atoms with van der Waals surface area (Å²) in [5, 5.41) is 11.1. The van der Waals surface area contributed by atoms with Crippen LogP contribution < -0.4 is 0 Å². The molecular weight excluding hydrogens is 382 g/mol. The molecule has 0 aromatic heterocycles. The average molecular weight is 414 g/mol. The predicted molar refractivity (Wildman–Crippen MR) is 113 cm³/mol. The van der Waals surface area contributed by atoms with Crippen molar-refractivity contribution in [1.29, 1.82) is 0 Å². The fourth-order valence-electron chi connectivity index (χ4n) is 6.84. The van der Waals surface area contributed by atoms with Crippen LogP contribution in [0.25, 0.3) is 31.3 Å². The Bertz CT molecular complexity index is 685. The van der Waals surface area contributed by atoms with Gasteiger partial charge in [0.1, 0.15) is 5.78 Å². The van der Waals surface area contributed by atoms with Crippen LogP contribution in [0.15, 0.2) is 15.3 Å². The number of azide groups is 3. The molecule has 0 saturated heterocycles. The number of nitrogens with zero attached hydrogens (tertiary/aromatic N) is 9. The lowest BCUT2D eigenvalue weighted by Gasteiger charge is -2.56. The Morgan fingerprint density at radius 3 is 1.53 bits per heavy atom. The Morgan fingerprint density at radius 2 is 1.17 bits per heavy atom. The highest BCUT2D eigenvalue weighted by Gasteiger charge is 2.54. The topological polar surface area (TPSA) is 163 Å². The largest absolute Gasteiger partial charge is 0.299 e. The first-order valence-electron chi connectivity index (χ1n) is 11.1. The summed E-state index contributed by atoms with van der Waals surface area (Å²) >= 11 is 0. The highest BCUT2D eigenvalue weighted by atomic mass is 16.1. The second kappa shape index (κ2) is 10.1. The van der Waals surface area contributed by atoms with Crippen LogP contribution in [0.3, 0.4) is 0 Å². The van der Waals surface area contributed by atoms with Crippen LogP contribution in [-0.4, -0.2) is 25.4 Å². The molecule has 4 aliphatic carbocycles. The van der Waals surface area contributed by atoms with Crippen LogP contribution in [0, 0.1) is 28.6 Å². The third-order valence-corrected chi connectivity index (χ3v) is 7.93. The third-order valence-electron chi connectivity index (χ3n) is 7.93. The van der Waals surface area contributed by atoms with Crippen molar-refractivity contribution in [2.24, 2.45) is 43.9 Å². The summed E-state index contributed by atoms with van der Waals surface area (Å²) in [6.07, 6.45) is 10.0. The van der Waals surface area contributed by atoms with Gasteiger partial charge in [-0.3, -0.25) is 4.79 Å². The van der Waals surface area contributed by atoms with Gasteiger partial charge in [-0.05, 0) is 104 Å². The van der Waals surface area contributed by atoms with Gasteiger partial charge in [0.05, 0.1) is 0 Å². The number of hydrogen-bond acceptors (Lipinski definition) is 4. The maximum absolute atomic E-state index is 13.5. The fraction of sp³-hybridized carbons (Fsp3) is 0.950. The van der Waals surface area contributed by atoms with Gasteiger partial charge in [-0.2, -0.15) is 0 Å². The molecule has 162 valence electrons. The van der Waals surface area contributed by atoms with E-state index in [1.807, 2.05) is 0 Å². The zero-order valence-corrected chi connectivity index (χ0v) is 17.6. The summed E-state index contributed by atoms with van der Waals surface area (Å²) < 4.78 is 0. The first-order valence-corrected chi connectivity index (χ1v) is 11.1. The van der Waals surface area contributed by atoms with E-state index < -0.39 is 0 Å². The van der Waals surface area contributed by atoms with Gasteiger partial charge in [0.2, 0.25) is 0 Å². The zero-order chi connectivity index (χ0) is 21.5. The van der Waals surface area contributed by atoms with Crippen LogP contribution in [-0.2, 0) is 4.79 Å². The van der Waals surface area contributed by atoms with E-state index >= 15 is 0 Å². The lowest BCUT2D eigenvalue weighted by Crippen LogP contribution is -2.50. The predicted octanol–water partition coefficient (Wildman–Crippen LogP) is 6.64. The monoisotopic (exact) mass is 413 g/mol. The van der Waals surface area contributed by atoms with Crippen molar-refractivity contribution < 1.29 is 4.79 Å². The highest BCUT2D eigenvalue weighted by Crippen LogP contribution is 2.60. The van der Waals surface area contributed by atoms with E-state index in [9.17, 15) is 4.79 Å². The number of hydrogen-bond donors (Lipinski definition) is 0. The van der Waals surface area contributed by atoms with Crippen LogP contribution >= 0.6 is 0 Å². The summed E-state index contributed by atoms with van der Waals surface area (Å²) in [5.41, 5.74) is 25.6. The Kier molecular flexibility index (Phi) is 7.48. The summed E-state index contributed by atoms with van der Waals surface area (Å²) in [4.78, 5) is 22.0. The van der Waals surface area contributed by atoms with E-state index in [1.165, 1.54) is 19.3 Å². The molecule has 4 fully saturated rings. The molecule has 0 unspecified atom stereocenters. The van der Waals surface area contributed by atoms with Gasteiger partial charge in [0, 0.05) is 46.2 Å². The van der Waals surface area contributed by atoms with E-state index in [0.29, 0.717) is 57.5 Å². The molecule has 4 aliphatic rings. The van der Waals surface area contributed by atoms with Crippen molar-refractivity contribution >= 4 is 5.78 Å². The number of Topliss-reactive ketones (excluding diaryl/α,β-unsaturated/α-hetero) is 1. The van der Waals surface area contributed by atoms with E-state index in [1.54, 1.807) is 0 Å².